The largest absolute Gasteiger partial charge is 0.462 e. The molecule has 0 spiro atoms. The second-order valence-electron chi connectivity index (χ2n) is 8.82. The zero-order valence-corrected chi connectivity index (χ0v) is 15.0. The van der Waals surface area contributed by atoms with Crippen molar-refractivity contribution in [2.45, 2.75) is 65.4 Å². The molecule has 3 heteroatoms. The summed E-state index contributed by atoms with van der Waals surface area (Å²) in [6, 6.07) is 0. The lowest BCUT2D eigenvalue weighted by Gasteiger charge is -2.56. The van der Waals surface area contributed by atoms with Crippen LogP contribution < -0.4 is 0 Å². The minimum Gasteiger partial charge on any atom is -0.462 e. The van der Waals surface area contributed by atoms with Crippen LogP contribution in [-0.4, -0.2) is 17.9 Å². The first-order chi connectivity index (χ1) is 11.3. The third kappa shape index (κ3) is 2.16. The van der Waals surface area contributed by atoms with Crippen molar-refractivity contribution in [1.29, 1.82) is 0 Å². The molecule has 130 valence electrons. The van der Waals surface area contributed by atoms with E-state index in [2.05, 4.69) is 19.9 Å². The lowest BCUT2D eigenvalue weighted by molar-refractivity contribution is -0.156. The fourth-order valence-corrected chi connectivity index (χ4v) is 6.54. The summed E-state index contributed by atoms with van der Waals surface area (Å²) in [4.78, 5) is 23.3. The molecule has 24 heavy (non-hydrogen) atoms. The lowest BCUT2D eigenvalue weighted by atomic mass is 9.48. The molecule has 0 saturated heterocycles. The van der Waals surface area contributed by atoms with Gasteiger partial charge in [-0.3, -0.25) is 9.59 Å². The third-order valence-electron chi connectivity index (χ3n) is 7.78. The number of esters is 1. The molecule has 0 aliphatic heterocycles. The van der Waals surface area contributed by atoms with Gasteiger partial charge in [0.1, 0.15) is 6.10 Å². The van der Waals surface area contributed by atoms with Gasteiger partial charge in [0.25, 0.3) is 0 Å². The molecule has 0 radical (unpaired) electrons. The van der Waals surface area contributed by atoms with Gasteiger partial charge in [-0.05, 0) is 68.4 Å². The Balaban J connectivity index is 1.63. The standard InChI is InChI=1S/C21H28O3/c1-13(22)24-19-7-6-17-16-5-4-14-12-15(23)8-10-20(14,2)18(16)9-11-21(17,19)3/h8,10,12,16-19H,4-7,9,11H2,1-3H3/t16?,17?,18?,19?,20-,21-/m0/s1. The molecule has 3 saturated carbocycles. The van der Waals surface area contributed by atoms with Crippen molar-refractivity contribution in [3.8, 4) is 0 Å². The summed E-state index contributed by atoms with van der Waals surface area (Å²) in [7, 11) is 0. The maximum absolute atomic E-state index is 11.8. The van der Waals surface area contributed by atoms with Gasteiger partial charge in [0, 0.05) is 17.8 Å². The van der Waals surface area contributed by atoms with Crippen molar-refractivity contribution in [3.63, 3.8) is 0 Å². The predicted octanol–water partition coefficient (Wildman–Crippen LogP) is 4.23. The molecule has 0 N–H and O–H groups in total. The van der Waals surface area contributed by atoms with Gasteiger partial charge in [-0.25, -0.2) is 0 Å². The molecule has 4 unspecified atom stereocenters. The third-order valence-corrected chi connectivity index (χ3v) is 7.78. The SMILES string of the molecule is CC(=O)OC1CCC2C3CCC4=CC(=O)C=C[C@]4(C)C3CC[C@]12C. The summed E-state index contributed by atoms with van der Waals surface area (Å²) in [5.74, 6) is 1.96. The van der Waals surface area contributed by atoms with E-state index in [-0.39, 0.29) is 28.7 Å². The maximum atomic E-state index is 11.8. The Labute approximate surface area is 144 Å². The minimum absolute atomic E-state index is 0.0533. The molecule has 0 aromatic carbocycles. The van der Waals surface area contributed by atoms with Crippen molar-refractivity contribution >= 4 is 11.8 Å². The highest BCUT2D eigenvalue weighted by molar-refractivity contribution is 6.01. The number of allylic oxidation sites excluding steroid dienone is 4. The molecule has 0 heterocycles. The van der Waals surface area contributed by atoms with Gasteiger partial charge >= 0.3 is 5.97 Å². The van der Waals surface area contributed by atoms with E-state index in [1.165, 1.54) is 31.8 Å². The van der Waals surface area contributed by atoms with Crippen LogP contribution in [0.25, 0.3) is 0 Å². The molecule has 0 amide bonds. The molecule has 4 aliphatic rings. The summed E-state index contributed by atoms with van der Waals surface area (Å²) in [6.07, 6.45) is 12.6. The monoisotopic (exact) mass is 328 g/mol. The van der Waals surface area contributed by atoms with Crippen molar-refractivity contribution in [3.05, 3.63) is 23.8 Å². The Morgan fingerprint density at radius 1 is 1.17 bits per heavy atom. The number of carbonyl (C=O) groups excluding carboxylic acids is 2. The topological polar surface area (TPSA) is 43.4 Å². The van der Waals surface area contributed by atoms with Crippen molar-refractivity contribution in [2.24, 2.45) is 28.6 Å². The fourth-order valence-electron chi connectivity index (χ4n) is 6.54. The molecular weight excluding hydrogens is 300 g/mol. The van der Waals surface area contributed by atoms with Gasteiger partial charge in [-0.2, -0.15) is 0 Å². The van der Waals surface area contributed by atoms with E-state index in [0.717, 1.165) is 19.3 Å². The molecule has 3 fully saturated rings. The van der Waals surface area contributed by atoms with Crippen LogP contribution in [-0.2, 0) is 14.3 Å². The highest BCUT2D eigenvalue weighted by Gasteiger charge is 2.59. The Morgan fingerprint density at radius 2 is 1.96 bits per heavy atom. The van der Waals surface area contributed by atoms with Gasteiger partial charge in [-0.15, -0.1) is 0 Å². The zero-order valence-electron chi connectivity index (χ0n) is 15.0. The van der Waals surface area contributed by atoms with E-state index in [4.69, 9.17) is 4.74 Å². The molecule has 0 aromatic heterocycles. The van der Waals surface area contributed by atoms with Crippen molar-refractivity contribution < 1.29 is 14.3 Å². The van der Waals surface area contributed by atoms with E-state index < -0.39 is 0 Å². The van der Waals surface area contributed by atoms with Crippen LogP contribution in [0.3, 0.4) is 0 Å². The second kappa shape index (κ2) is 5.31. The number of ether oxygens (including phenoxy) is 1. The van der Waals surface area contributed by atoms with E-state index in [1.807, 2.05) is 6.08 Å². The quantitative estimate of drug-likeness (QED) is 0.677. The zero-order chi connectivity index (χ0) is 17.1. The molecule has 4 aliphatic carbocycles. The first-order valence-electron chi connectivity index (χ1n) is 9.46. The molecule has 4 rings (SSSR count). The van der Waals surface area contributed by atoms with E-state index in [0.29, 0.717) is 17.8 Å². The lowest BCUT2D eigenvalue weighted by Crippen LogP contribution is -2.50. The average molecular weight is 328 g/mol. The van der Waals surface area contributed by atoms with Gasteiger partial charge in [0.05, 0.1) is 0 Å². The van der Waals surface area contributed by atoms with Crippen molar-refractivity contribution in [2.75, 3.05) is 0 Å². The number of fused-ring (bicyclic) bond motifs is 5. The molecule has 6 atom stereocenters. The fraction of sp³-hybridized carbons (Fsp3) is 0.714. The summed E-state index contributed by atoms with van der Waals surface area (Å²) >= 11 is 0. The van der Waals surface area contributed by atoms with E-state index in [9.17, 15) is 9.59 Å². The number of ketones is 1. The van der Waals surface area contributed by atoms with Crippen LogP contribution in [0.4, 0.5) is 0 Å². The second-order valence-corrected chi connectivity index (χ2v) is 8.82. The summed E-state index contributed by atoms with van der Waals surface area (Å²) in [6.45, 7) is 6.22. The van der Waals surface area contributed by atoms with Crippen LogP contribution in [0, 0.1) is 28.6 Å². The van der Waals surface area contributed by atoms with Crippen molar-refractivity contribution in [1.82, 2.24) is 0 Å². The van der Waals surface area contributed by atoms with E-state index in [1.54, 1.807) is 6.08 Å². The number of carbonyl (C=O) groups is 2. The van der Waals surface area contributed by atoms with Crippen LogP contribution >= 0.6 is 0 Å². The van der Waals surface area contributed by atoms with Gasteiger partial charge in [0.15, 0.2) is 5.78 Å². The molecule has 0 aromatic rings. The number of rotatable bonds is 1. The smallest absolute Gasteiger partial charge is 0.302 e. The van der Waals surface area contributed by atoms with Gasteiger partial charge in [0.2, 0.25) is 0 Å². The summed E-state index contributed by atoms with van der Waals surface area (Å²) in [5.41, 5.74) is 1.53. The Bertz CT molecular complexity index is 645. The summed E-state index contributed by atoms with van der Waals surface area (Å²) < 4.78 is 5.70. The first kappa shape index (κ1) is 16.1. The molecular formula is C21H28O3. The Hall–Kier alpha value is -1.38. The average Bonchev–Trinajstić information content (AvgIpc) is 2.84. The van der Waals surface area contributed by atoms with Crippen LogP contribution in [0.1, 0.15) is 59.3 Å². The van der Waals surface area contributed by atoms with Crippen LogP contribution in [0.2, 0.25) is 0 Å². The van der Waals surface area contributed by atoms with Crippen LogP contribution in [0.15, 0.2) is 23.8 Å². The Kier molecular flexibility index (Phi) is 3.56. The van der Waals surface area contributed by atoms with E-state index >= 15 is 0 Å². The molecule has 3 nitrogen and oxygen atoms in total. The Morgan fingerprint density at radius 3 is 2.71 bits per heavy atom. The summed E-state index contributed by atoms with van der Waals surface area (Å²) in [5, 5.41) is 0. The predicted molar refractivity (Wildman–Crippen MR) is 92.2 cm³/mol. The number of hydrogen-bond donors (Lipinski definition) is 0. The highest BCUT2D eigenvalue weighted by Crippen LogP contribution is 2.64. The van der Waals surface area contributed by atoms with Gasteiger partial charge < -0.3 is 4.74 Å². The van der Waals surface area contributed by atoms with Gasteiger partial charge in [-0.1, -0.05) is 25.5 Å². The molecule has 0 bridgehead atoms. The van der Waals surface area contributed by atoms with Crippen LogP contribution in [0.5, 0.6) is 0 Å². The maximum Gasteiger partial charge on any atom is 0.302 e. The first-order valence-corrected chi connectivity index (χ1v) is 9.46. The highest BCUT2D eigenvalue weighted by atomic mass is 16.5. The minimum atomic E-state index is -0.140. The number of hydrogen-bond acceptors (Lipinski definition) is 3. The normalized spacial score (nSPS) is 46.6.